The summed E-state index contributed by atoms with van der Waals surface area (Å²) < 4.78 is 0. The van der Waals surface area contributed by atoms with Crippen molar-refractivity contribution in [2.24, 2.45) is 17.6 Å². The molecule has 0 saturated carbocycles. The molecular formula is C9H21NO2. The Kier molecular flexibility index (Phi) is 9.65. The molecule has 0 aliphatic carbocycles. The van der Waals surface area contributed by atoms with Crippen LogP contribution < -0.4 is 5.73 Å². The van der Waals surface area contributed by atoms with E-state index in [1.54, 1.807) is 0 Å². The van der Waals surface area contributed by atoms with Crippen molar-refractivity contribution in [3.8, 4) is 0 Å². The summed E-state index contributed by atoms with van der Waals surface area (Å²) in [5.41, 5.74) is 4.03. The highest BCUT2D eigenvalue weighted by Gasteiger charge is 2.00. The largest absolute Gasteiger partial charge is 0.465 e. The van der Waals surface area contributed by atoms with Gasteiger partial charge in [-0.3, -0.25) is 0 Å². The van der Waals surface area contributed by atoms with Crippen LogP contribution in [0.1, 0.15) is 40.5 Å². The normalized spacial score (nSPS) is 11.8. The van der Waals surface area contributed by atoms with Crippen LogP contribution in [0.25, 0.3) is 0 Å². The summed E-state index contributed by atoms with van der Waals surface area (Å²) in [6, 6.07) is 0. The Labute approximate surface area is 75.0 Å². The second-order valence-corrected chi connectivity index (χ2v) is 3.48. The van der Waals surface area contributed by atoms with Crippen LogP contribution in [0.15, 0.2) is 0 Å². The van der Waals surface area contributed by atoms with E-state index in [4.69, 9.17) is 9.90 Å². The molecule has 0 aromatic rings. The second kappa shape index (κ2) is 8.37. The quantitative estimate of drug-likeness (QED) is 0.692. The van der Waals surface area contributed by atoms with Gasteiger partial charge in [-0.1, -0.05) is 34.1 Å². The van der Waals surface area contributed by atoms with Crippen LogP contribution in [-0.4, -0.2) is 11.2 Å². The van der Waals surface area contributed by atoms with Crippen molar-refractivity contribution in [3.63, 3.8) is 0 Å². The highest BCUT2D eigenvalue weighted by atomic mass is 16.4. The molecule has 1 unspecified atom stereocenters. The molecular weight excluding hydrogens is 154 g/mol. The molecule has 0 spiro atoms. The molecule has 1 atom stereocenters. The minimum Gasteiger partial charge on any atom is -0.465 e. The monoisotopic (exact) mass is 175 g/mol. The maximum Gasteiger partial charge on any atom is 0.402 e. The summed E-state index contributed by atoms with van der Waals surface area (Å²) >= 11 is 0. The Bertz CT molecular complexity index is 109. The van der Waals surface area contributed by atoms with Crippen molar-refractivity contribution in [2.45, 2.75) is 40.5 Å². The minimum atomic E-state index is -1.33. The minimum absolute atomic E-state index is 0.880. The fraction of sp³-hybridized carbons (Fsp3) is 0.889. The van der Waals surface area contributed by atoms with Crippen molar-refractivity contribution in [1.82, 2.24) is 0 Å². The standard InChI is InChI=1S/C8H18.CH3NO2/c1-5-8(4)6-7(2)3;2-1(3)4/h7-8H,5-6H2,1-4H3;2H2,(H,3,4). The van der Waals surface area contributed by atoms with Crippen LogP contribution >= 0.6 is 0 Å². The zero-order valence-electron chi connectivity index (χ0n) is 8.50. The maximum atomic E-state index is 8.78. The summed E-state index contributed by atoms with van der Waals surface area (Å²) in [7, 11) is 0. The Morgan fingerprint density at radius 2 is 1.75 bits per heavy atom. The number of primary amides is 1. The van der Waals surface area contributed by atoms with E-state index in [2.05, 4.69) is 33.4 Å². The molecule has 0 heterocycles. The number of nitrogens with two attached hydrogens (primary N) is 1. The van der Waals surface area contributed by atoms with Crippen LogP contribution in [0.4, 0.5) is 4.79 Å². The summed E-state index contributed by atoms with van der Waals surface area (Å²) in [5, 5.41) is 7.19. The van der Waals surface area contributed by atoms with Gasteiger partial charge >= 0.3 is 6.09 Å². The molecule has 0 fully saturated rings. The van der Waals surface area contributed by atoms with E-state index in [0.717, 1.165) is 11.8 Å². The fourth-order valence-corrected chi connectivity index (χ4v) is 0.971. The lowest BCUT2D eigenvalue weighted by Crippen LogP contribution is -2.03. The van der Waals surface area contributed by atoms with Gasteiger partial charge in [-0.2, -0.15) is 0 Å². The van der Waals surface area contributed by atoms with Crippen LogP contribution in [0.3, 0.4) is 0 Å². The zero-order valence-corrected chi connectivity index (χ0v) is 8.50. The van der Waals surface area contributed by atoms with Crippen LogP contribution in [-0.2, 0) is 0 Å². The Hall–Kier alpha value is -0.730. The van der Waals surface area contributed by atoms with Crippen molar-refractivity contribution >= 4 is 6.09 Å². The number of hydrogen-bond donors (Lipinski definition) is 2. The number of amides is 1. The average Bonchev–Trinajstić information content (AvgIpc) is 1.84. The molecule has 0 saturated heterocycles. The van der Waals surface area contributed by atoms with Gasteiger partial charge in [0.15, 0.2) is 0 Å². The predicted molar refractivity (Wildman–Crippen MR) is 51.1 cm³/mol. The van der Waals surface area contributed by atoms with Gasteiger partial charge in [-0.15, -0.1) is 0 Å². The molecule has 0 aromatic carbocycles. The van der Waals surface area contributed by atoms with E-state index in [-0.39, 0.29) is 0 Å². The lowest BCUT2D eigenvalue weighted by molar-refractivity contribution is 0.205. The molecule has 0 aromatic heterocycles. The Balaban J connectivity index is 0. The predicted octanol–water partition coefficient (Wildman–Crippen LogP) is 2.70. The molecule has 3 heteroatoms. The molecule has 3 nitrogen and oxygen atoms in total. The number of hydrogen-bond acceptors (Lipinski definition) is 1. The van der Waals surface area contributed by atoms with Crippen LogP contribution in [0.2, 0.25) is 0 Å². The molecule has 3 N–H and O–H groups in total. The molecule has 0 rings (SSSR count). The molecule has 12 heavy (non-hydrogen) atoms. The lowest BCUT2D eigenvalue weighted by Gasteiger charge is -2.09. The number of carbonyl (C=O) groups is 1. The highest BCUT2D eigenvalue weighted by molar-refractivity contribution is 5.61. The van der Waals surface area contributed by atoms with E-state index in [1.807, 2.05) is 0 Å². The molecule has 0 aliphatic heterocycles. The lowest BCUT2D eigenvalue weighted by atomic mass is 9.97. The molecule has 0 bridgehead atoms. The smallest absolute Gasteiger partial charge is 0.402 e. The van der Waals surface area contributed by atoms with Crippen molar-refractivity contribution in [3.05, 3.63) is 0 Å². The summed E-state index contributed by atoms with van der Waals surface area (Å²) in [5.74, 6) is 1.81. The number of carboxylic acid groups (broad SMARTS) is 1. The number of rotatable bonds is 3. The third-order valence-corrected chi connectivity index (χ3v) is 1.57. The fourth-order valence-electron chi connectivity index (χ4n) is 0.971. The van der Waals surface area contributed by atoms with Crippen LogP contribution in [0.5, 0.6) is 0 Å². The van der Waals surface area contributed by atoms with Gasteiger partial charge in [0.1, 0.15) is 0 Å². The first-order valence-corrected chi connectivity index (χ1v) is 4.38. The van der Waals surface area contributed by atoms with Crippen molar-refractivity contribution in [2.75, 3.05) is 0 Å². The molecule has 74 valence electrons. The van der Waals surface area contributed by atoms with E-state index in [1.165, 1.54) is 12.8 Å². The second-order valence-electron chi connectivity index (χ2n) is 3.48. The van der Waals surface area contributed by atoms with Gasteiger partial charge in [0.25, 0.3) is 0 Å². The zero-order chi connectivity index (χ0) is 10.1. The third kappa shape index (κ3) is 22.8. The topological polar surface area (TPSA) is 63.3 Å². The van der Waals surface area contributed by atoms with E-state index in [9.17, 15) is 0 Å². The summed E-state index contributed by atoms with van der Waals surface area (Å²) in [4.78, 5) is 8.78. The SMILES string of the molecule is CCC(C)CC(C)C.NC(=O)O. The van der Waals surface area contributed by atoms with Gasteiger partial charge in [0, 0.05) is 0 Å². The van der Waals surface area contributed by atoms with Crippen molar-refractivity contribution in [1.29, 1.82) is 0 Å². The molecule has 0 radical (unpaired) electrons. The van der Waals surface area contributed by atoms with Gasteiger partial charge < -0.3 is 10.8 Å². The van der Waals surface area contributed by atoms with Gasteiger partial charge in [-0.05, 0) is 18.3 Å². The van der Waals surface area contributed by atoms with E-state index in [0.29, 0.717) is 0 Å². The Morgan fingerprint density at radius 3 is 1.83 bits per heavy atom. The molecule has 0 aliphatic rings. The van der Waals surface area contributed by atoms with Gasteiger partial charge in [0.05, 0.1) is 0 Å². The first-order chi connectivity index (χ1) is 5.40. The summed E-state index contributed by atoms with van der Waals surface area (Å²) in [6.45, 7) is 9.14. The highest BCUT2D eigenvalue weighted by Crippen LogP contribution is 2.12. The van der Waals surface area contributed by atoms with Gasteiger partial charge in [0.2, 0.25) is 0 Å². The Morgan fingerprint density at radius 1 is 1.42 bits per heavy atom. The molecule has 1 amide bonds. The average molecular weight is 175 g/mol. The summed E-state index contributed by atoms with van der Waals surface area (Å²) in [6.07, 6.45) is 1.38. The first kappa shape index (κ1) is 13.8. The van der Waals surface area contributed by atoms with Crippen LogP contribution in [0, 0.1) is 11.8 Å². The first-order valence-electron chi connectivity index (χ1n) is 4.38. The van der Waals surface area contributed by atoms with Gasteiger partial charge in [-0.25, -0.2) is 4.79 Å². The van der Waals surface area contributed by atoms with Crippen molar-refractivity contribution < 1.29 is 9.90 Å². The van der Waals surface area contributed by atoms with E-state index >= 15 is 0 Å². The third-order valence-electron chi connectivity index (χ3n) is 1.57. The van der Waals surface area contributed by atoms with E-state index < -0.39 is 6.09 Å². The maximum absolute atomic E-state index is 8.78.